The van der Waals surface area contributed by atoms with Crippen molar-refractivity contribution < 1.29 is 14.4 Å². The molecule has 36 heavy (non-hydrogen) atoms. The Morgan fingerprint density at radius 3 is 1.31 bits per heavy atom. The molecule has 0 unspecified atom stereocenters. The van der Waals surface area contributed by atoms with Gasteiger partial charge in [0.25, 0.3) is 11.8 Å². The molecule has 0 bridgehead atoms. The molecule has 0 atom stereocenters. The minimum Gasteiger partial charge on any atom is -0.322 e. The number of carbonyl (C=O) groups is 3. The molecule has 2 N–H and O–H groups in total. The van der Waals surface area contributed by atoms with Crippen molar-refractivity contribution in [2.75, 3.05) is 10.6 Å². The van der Waals surface area contributed by atoms with Gasteiger partial charge < -0.3 is 10.6 Å². The standard InChI is InChI=1S/C31H28N2O3/c1-20-4-10-23(11-5-20)16-29(34)24-17-25(30(35)32-27-12-6-21(2)7-13-27)19-26(18-24)31(36)33-28-14-8-22(3)9-15-28/h4-15,17-19H,16H2,1-3H3,(H,32,35)(H,33,36). The summed E-state index contributed by atoms with van der Waals surface area (Å²) in [5.74, 6) is -0.963. The molecular formula is C31H28N2O3. The van der Waals surface area contributed by atoms with Gasteiger partial charge in [0.2, 0.25) is 0 Å². The highest BCUT2D eigenvalue weighted by atomic mass is 16.2. The molecule has 180 valence electrons. The van der Waals surface area contributed by atoms with Gasteiger partial charge in [0, 0.05) is 34.5 Å². The lowest BCUT2D eigenvalue weighted by atomic mass is 9.97. The quantitative estimate of drug-likeness (QED) is 0.297. The number of rotatable bonds is 7. The molecule has 0 fully saturated rings. The molecule has 0 aromatic heterocycles. The number of aryl methyl sites for hydroxylation is 3. The van der Waals surface area contributed by atoms with Crippen LogP contribution in [0.4, 0.5) is 11.4 Å². The summed E-state index contributed by atoms with van der Waals surface area (Å²) in [6, 6.07) is 27.2. The first kappa shape index (κ1) is 24.6. The van der Waals surface area contributed by atoms with Gasteiger partial charge in [-0.25, -0.2) is 0 Å². The van der Waals surface area contributed by atoms with Crippen molar-refractivity contribution in [3.8, 4) is 0 Å². The third-order valence-corrected chi connectivity index (χ3v) is 5.88. The normalized spacial score (nSPS) is 10.5. The summed E-state index contributed by atoms with van der Waals surface area (Å²) in [5, 5.41) is 5.70. The molecule has 4 rings (SSSR count). The summed E-state index contributed by atoms with van der Waals surface area (Å²) in [4.78, 5) is 39.3. The monoisotopic (exact) mass is 476 g/mol. The Balaban J connectivity index is 1.64. The van der Waals surface area contributed by atoms with E-state index < -0.39 is 11.8 Å². The summed E-state index contributed by atoms with van der Waals surface area (Å²) in [6.07, 6.45) is 0.169. The van der Waals surface area contributed by atoms with E-state index in [9.17, 15) is 14.4 Å². The molecule has 0 spiro atoms. The van der Waals surface area contributed by atoms with E-state index in [0.717, 1.165) is 22.3 Å². The molecule has 0 saturated carbocycles. The highest BCUT2D eigenvalue weighted by Crippen LogP contribution is 2.18. The lowest BCUT2D eigenvalue weighted by molar-refractivity contribution is 0.0993. The molecule has 0 aliphatic carbocycles. The lowest BCUT2D eigenvalue weighted by Gasteiger charge is -2.11. The predicted octanol–water partition coefficient (Wildman–Crippen LogP) is 6.54. The first-order chi connectivity index (χ1) is 17.3. The summed E-state index contributed by atoms with van der Waals surface area (Å²) in [6.45, 7) is 5.92. The van der Waals surface area contributed by atoms with E-state index in [1.165, 1.54) is 6.07 Å². The molecule has 0 aliphatic rings. The van der Waals surface area contributed by atoms with Gasteiger partial charge in [0.1, 0.15) is 0 Å². The first-order valence-electron chi connectivity index (χ1n) is 11.8. The smallest absolute Gasteiger partial charge is 0.255 e. The van der Waals surface area contributed by atoms with Gasteiger partial charge >= 0.3 is 0 Å². The Morgan fingerprint density at radius 2 is 0.889 bits per heavy atom. The average Bonchev–Trinajstić information content (AvgIpc) is 2.87. The Hall–Kier alpha value is -4.51. The maximum absolute atomic E-state index is 13.2. The Morgan fingerprint density at radius 1 is 0.528 bits per heavy atom. The van der Waals surface area contributed by atoms with Gasteiger partial charge in [-0.15, -0.1) is 0 Å². The lowest BCUT2D eigenvalue weighted by Crippen LogP contribution is -2.18. The van der Waals surface area contributed by atoms with Crippen LogP contribution in [0.3, 0.4) is 0 Å². The van der Waals surface area contributed by atoms with Crippen LogP contribution >= 0.6 is 0 Å². The van der Waals surface area contributed by atoms with Crippen molar-refractivity contribution in [1.29, 1.82) is 0 Å². The third kappa shape index (κ3) is 6.33. The Labute approximate surface area is 211 Å². The summed E-state index contributed by atoms with van der Waals surface area (Å²) in [7, 11) is 0. The van der Waals surface area contributed by atoms with E-state index >= 15 is 0 Å². The van der Waals surface area contributed by atoms with Gasteiger partial charge in [-0.3, -0.25) is 14.4 Å². The number of nitrogens with one attached hydrogen (secondary N) is 2. The SMILES string of the molecule is Cc1ccc(CC(=O)c2cc(C(=O)Nc3ccc(C)cc3)cc(C(=O)Nc3ccc(C)cc3)c2)cc1. The van der Waals surface area contributed by atoms with Crippen LogP contribution in [0.1, 0.15) is 53.3 Å². The third-order valence-electron chi connectivity index (χ3n) is 5.88. The van der Waals surface area contributed by atoms with E-state index in [1.54, 1.807) is 12.1 Å². The molecule has 0 radical (unpaired) electrons. The van der Waals surface area contributed by atoms with Crippen molar-refractivity contribution >= 4 is 29.0 Å². The van der Waals surface area contributed by atoms with Crippen molar-refractivity contribution in [3.63, 3.8) is 0 Å². The van der Waals surface area contributed by atoms with E-state index in [0.29, 0.717) is 16.9 Å². The maximum Gasteiger partial charge on any atom is 0.255 e. The molecule has 0 saturated heterocycles. The summed E-state index contributed by atoms with van der Waals surface area (Å²) in [5.41, 5.74) is 6.17. The van der Waals surface area contributed by atoms with Gasteiger partial charge in [-0.2, -0.15) is 0 Å². The van der Waals surface area contributed by atoms with Gasteiger partial charge in [0.15, 0.2) is 5.78 Å². The van der Waals surface area contributed by atoms with Crippen LogP contribution in [-0.4, -0.2) is 17.6 Å². The number of carbonyl (C=O) groups excluding carboxylic acids is 3. The van der Waals surface area contributed by atoms with E-state index in [4.69, 9.17) is 0 Å². The highest BCUT2D eigenvalue weighted by molar-refractivity contribution is 6.11. The minimum absolute atomic E-state index is 0.169. The van der Waals surface area contributed by atoms with Gasteiger partial charge in [0.05, 0.1) is 0 Å². The predicted molar refractivity (Wildman–Crippen MR) is 144 cm³/mol. The number of benzene rings is 4. The van der Waals surface area contributed by atoms with Crippen LogP contribution in [0.2, 0.25) is 0 Å². The van der Waals surface area contributed by atoms with Crippen LogP contribution in [0.15, 0.2) is 91.0 Å². The van der Waals surface area contributed by atoms with E-state index in [2.05, 4.69) is 10.6 Å². The fourth-order valence-corrected chi connectivity index (χ4v) is 3.72. The topological polar surface area (TPSA) is 75.3 Å². The average molecular weight is 477 g/mol. The minimum atomic E-state index is -0.395. The fourth-order valence-electron chi connectivity index (χ4n) is 3.72. The molecular weight excluding hydrogens is 448 g/mol. The second kappa shape index (κ2) is 10.8. The Kier molecular flexibility index (Phi) is 7.40. The molecule has 0 aliphatic heterocycles. The molecule has 5 nitrogen and oxygen atoms in total. The number of anilines is 2. The summed E-state index contributed by atoms with van der Waals surface area (Å²) < 4.78 is 0. The second-order valence-corrected chi connectivity index (χ2v) is 9.02. The fraction of sp³-hybridized carbons (Fsp3) is 0.129. The van der Waals surface area contributed by atoms with Crippen LogP contribution in [0.25, 0.3) is 0 Å². The van der Waals surface area contributed by atoms with Crippen LogP contribution in [0.5, 0.6) is 0 Å². The molecule has 5 heteroatoms. The zero-order chi connectivity index (χ0) is 25.7. The van der Waals surface area contributed by atoms with E-state index in [1.807, 2.05) is 93.6 Å². The summed E-state index contributed by atoms with van der Waals surface area (Å²) >= 11 is 0. The zero-order valence-electron chi connectivity index (χ0n) is 20.6. The molecule has 4 aromatic carbocycles. The number of Topliss-reactive ketones (excluding diaryl/α,β-unsaturated/α-hetero) is 1. The van der Waals surface area contributed by atoms with Crippen LogP contribution < -0.4 is 10.6 Å². The zero-order valence-corrected chi connectivity index (χ0v) is 20.6. The van der Waals surface area contributed by atoms with Crippen LogP contribution in [-0.2, 0) is 6.42 Å². The molecule has 0 heterocycles. The van der Waals surface area contributed by atoms with Crippen LogP contribution in [0, 0.1) is 20.8 Å². The van der Waals surface area contributed by atoms with E-state index in [-0.39, 0.29) is 23.3 Å². The second-order valence-electron chi connectivity index (χ2n) is 9.02. The highest BCUT2D eigenvalue weighted by Gasteiger charge is 2.17. The van der Waals surface area contributed by atoms with Gasteiger partial charge in [-0.05, 0) is 68.8 Å². The molecule has 2 amide bonds. The van der Waals surface area contributed by atoms with Crippen molar-refractivity contribution in [1.82, 2.24) is 0 Å². The number of hydrogen-bond donors (Lipinski definition) is 2. The number of amides is 2. The number of ketones is 1. The largest absolute Gasteiger partial charge is 0.322 e. The molecule has 4 aromatic rings. The van der Waals surface area contributed by atoms with Crippen molar-refractivity contribution in [3.05, 3.63) is 130 Å². The first-order valence-corrected chi connectivity index (χ1v) is 11.8. The van der Waals surface area contributed by atoms with Crippen molar-refractivity contribution in [2.24, 2.45) is 0 Å². The van der Waals surface area contributed by atoms with Gasteiger partial charge in [-0.1, -0.05) is 65.2 Å². The maximum atomic E-state index is 13.2. The Bertz CT molecular complexity index is 1220. The number of hydrogen-bond acceptors (Lipinski definition) is 3. The van der Waals surface area contributed by atoms with Crippen molar-refractivity contribution in [2.45, 2.75) is 27.2 Å².